The van der Waals surface area contributed by atoms with E-state index in [9.17, 15) is 29.6 Å². The van der Waals surface area contributed by atoms with E-state index in [2.05, 4.69) is 15.9 Å². The van der Waals surface area contributed by atoms with Crippen LogP contribution in [0.1, 0.15) is 17.2 Å². The summed E-state index contributed by atoms with van der Waals surface area (Å²) in [5.41, 5.74) is 0.0212. The number of carbonyl (C=O) groups excluding carboxylic acids is 2. The second-order valence-corrected chi connectivity index (χ2v) is 7.09. The number of amides is 1. The summed E-state index contributed by atoms with van der Waals surface area (Å²) in [7, 11) is 0. The summed E-state index contributed by atoms with van der Waals surface area (Å²) in [4.78, 5) is 47.4. The Morgan fingerprint density at radius 3 is 2.17 bits per heavy atom. The predicted molar refractivity (Wildman–Crippen MR) is 104 cm³/mol. The topological polar surface area (TPSA) is 138 Å². The number of aliphatic hydroxyl groups is 1. The van der Waals surface area contributed by atoms with Gasteiger partial charge in [-0.05, 0) is 29.8 Å². The van der Waals surface area contributed by atoms with Gasteiger partial charge in [0.2, 0.25) is 0 Å². The standard InChI is InChI=1S/C19H13BrN2O7/c20-12-5-1-10(2-6-12)16-15(18(26)19(27)21(16)9-14(23)24)17(25)11-3-7-13(8-4-11)22(28)29/h1-8,16,25H,9H2,(H,23,24)/b17-15-. The highest BCUT2D eigenvalue weighted by Gasteiger charge is 2.46. The lowest BCUT2D eigenvalue weighted by atomic mass is 9.95. The zero-order chi connectivity index (χ0) is 21.3. The number of aliphatic carboxylic acids is 1. The first-order valence-electron chi connectivity index (χ1n) is 8.21. The van der Waals surface area contributed by atoms with Crippen molar-refractivity contribution in [2.75, 3.05) is 6.54 Å². The van der Waals surface area contributed by atoms with Crippen LogP contribution < -0.4 is 0 Å². The number of halogens is 1. The number of nitro groups is 1. The van der Waals surface area contributed by atoms with Crippen LogP contribution in [0.5, 0.6) is 0 Å². The number of non-ortho nitro benzene ring substituents is 1. The number of carboxylic acid groups (broad SMARTS) is 1. The first-order chi connectivity index (χ1) is 13.7. The third-order valence-corrected chi connectivity index (χ3v) is 4.91. The molecule has 2 N–H and O–H groups in total. The number of aliphatic hydroxyl groups excluding tert-OH is 1. The van der Waals surface area contributed by atoms with Gasteiger partial charge in [-0.2, -0.15) is 0 Å². The molecule has 148 valence electrons. The molecule has 1 saturated heterocycles. The van der Waals surface area contributed by atoms with E-state index in [-0.39, 0.29) is 16.8 Å². The lowest BCUT2D eigenvalue weighted by Crippen LogP contribution is -2.34. The van der Waals surface area contributed by atoms with Crippen LogP contribution in [0.25, 0.3) is 5.76 Å². The van der Waals surface area contributed by atoms with Gasteiger partial charge in [-0.25, -0.2) is 0 Å². The third kappa shape index (κ3) is 3.87. The minimum absolute atomic E-state index is 0.0889. The number of likely N-dealkylation sites (tertiary alicyclic amines) is 1. The first-order valence-corrected chi connectivity index (χ1v) is 9.00. The fourth-order valence-corrected chi connectivity index (χ4v) is 3.34. The Kier molecular flexibility index (Phi) is 5.46. The van der Waals surface area contributed by atoms with E-state index in [1.807, 2.05) is 0 Å². The fourth-order valence-electron chi connectivity index (χ4n) is 3.08. The molecule has 9 nitrogen and oxygen atoms in total. The van der Waals surface area contributed by atoms with Crippen LogP contribution in [0.15, 0.2) is 58.6 Å². The van der Waals surface area contributed by atoms with Gasteiger partial charge in [0.15, 0.2) is 0 Å². The number of carbonyl (C=O) groups is 3. The van der Waals surface area contributed by atoms with Gasteiger partial charge in [0.05, 0.1) is 16.5 Å². The van der Waals surface area contributed by atoms with Crippen LogP contribution in [0, 0.1) is 10.1 Å². The maximum Gasteiger partial charge on any atom is 0.323 e. The van der Waals surface area contributed by atoms with E-state index < -0.39 is 40.9 Å². The molecule has 2 aromatic carbocycles. The molecule has 1 heterocycles. The van der Waals surface area contributed by atoms with Crippen molar-refractivity contribution in [1.29, 1.82) is 0 Å². The maximum atomic E-state index is 12.6. The van der Waals surface area contributed by atoms with Crippen molar-refractivity contribution in [3.05, 3.63) is 79.8 Å². The maximum absolute atomic E-state index is 12.6. The Morgan fingerprint density at radius 1 is 1.07 bits per heavy atom. The van der Waals surface area contributed by atoms with Gasteiger partial charge in [0.25, 0.3) is 17.4 Å². The van der Waals surface area contributed by atoms with E-state index in [1.54, 1.807) is 24.3 Å². The van der Waals surface area contributed by atoms with Gasteiger partial charge in [0, 0.05) is 22.2 Å². The highest BCUT2D eigenvalue weighted by Crippen LogP contribution is 2.39. The minimum Gasteiger partial charge on any atom is -0.507 e. The fraction of sp³-hybridized carbons (Fsp3) is 0.105. The van der Waals surface area contributed by atoms with Gasteiger partial charge in [-0.3, -0.25) is 24.5 Å². The second kappa shape index (κ2) is 7.84. The number of nitrogens with zero attached hydrogens (tertiary/aromatic N) is 2. The SMILES string of the molecule is O=C(O)CN1C(=O)C(=O)/C(=C(\O)c2ccc([N+](=O)[O-])cc2)C1c1ccc(Br)cc1. The minimum atomic E-state index is -1.32. The van der Waals surface area contributed by atoms with Crippen molar-refractivity contribution in [3.63, 3.8) is 0 Å². The number of hydrogen-bond donors (Lipinski definition) is 2. The van der Waals surface area contributed by atoms with E-state index in [4.69, 9.17) is 5.11 Å². The van der Waals surface area contributed by atoms with Gasteiger partial charge in [-0.1, -0.05) is 28.1 Å². The number of hydrogen-bond acceptors (Lipinski definition) is 6. The van der Waals surface area contributed by atoms with E-state index in [0.29, 0.717) is 5.56 Å². The Labute approximate surface area is 172 Å². The van der Waals surface area contributed by atoms with Crippen molar-refractivity contribution in [1.82, 2.24) is 4.90 Å². The number of carboxylic acids is 1. The normalized spacial score (nSPS) is 18.1. The van der Waals surface area contributed by atoms with Crippen LogP contribution in [-0.4, -0.2) is 44.2 Å². The average Bonchev–Trinajstić information content (AvgIpc) is 2.92. The summed E-state index contributed by atoms with van der Waals surface area (Å²) in [6.07, 6.45) is 0. The Morgan fingerprint density at radius 2 is 1.66 bits per heavy atom. The number of nitro benzene ring substituents is 1. The van der Waals surface area contributed by atoms with Gasteiger partial charge >= 0.3 is 5.97 Å². The van der Waals surface area contributed by atoms with Crippen molar-refractivity contribution in [2.45, 2.75) is 6.04 Å². The molecule has 1 amide bonds. The third-order valence-electron chi connectivity index (χ3n) is 4.38. The smallest absolute Gasteiger partial charge is 0.323 e. The Hall–Kier alpha value is -3.53. The molecule has 0 radical (unpaired) electrons. The molecular weight excluding hydrogens is 448 g/mol. The zero-order valence-electron chi connectivity index (χ0n) is 14.6. The summed E-state index contributed by atoms with van der Waals surface area (Å²) in [6, 6.07) is 10.2. The molecule has 0 saturated carbocycles. The summed E-state index contributed by atoms with van der Waals surface area (Å²) < 4.78 is 0.729. The predicted octanol–water partition coefficient (Wildman–Crippen LogP) is 2.86. The first kappa shape index (κ1) is 20.2. The van der Waals surface area contributed by atoms with Crippen molar-refractivity contribution in [3.8, 4) is 0 Å². The van der Waals surface area contributed by atoms with E-state index >= 15 is 0 Å². The summed E-state index contributed by atoms with van der Waals surface area (Å²) >= 11 is 3.27. The summed E-state index contributed by atoms with van der Waals surface area (Å²) in [5, 5.41) is 30.7. The lowest BCUT2D eigenvalue weighted by Gasteiger charge is -2.23. The second-order valence-electron chi connectivity index (χ2n) is 6.18. The Bertz CT molecular complexity index is 1050. The van der Waals surface area contributed by atoms with Crippen LogP contribution in [0.4, 0.5) is 5.69 Å². The number of rotatable bonds is 5. The molecule has 0 spiro atoms. The van der Waals surface area contributed by atoms with Gasteiger partial charge < -0.3 is 15.1 Å². The molecule has 1 aliphatic rings. The molecule has 0 aliphatic carbocycles. The lowest BCUT2D eigenvalue weighted by molar-refractivity contribution is -0.384. The van der Waals surface area contributed by atoms with Crippen LogP contribution >= 0.6 is 15.9 Å². The van der Waals surface area contributed by atoms with Gasteiger partial charge in [-0.15, -0.1) is 0 Å². The molecule has 2 aromatic rings. The molecule has 0 bridgehead atoms. The zero-order valence-corrected chi connectivity index (χ0v) is 16.2. The highest BCUT2D eigenvalue weighted by atomic mass is 79.9. The van der Waals surface area contributed by atoms with Crippen LogP contribution in [0.3, 0.4) is 0 Å². The molecule has 0 aromatic heterocycles. The number of ketones is 1. The molecule has 10 heteroatoms. The van der Waals surface area contributed by atoms with Crippen molar-refractivity contribution >= 4 is 45.0 Å². The number of benzene rings is 2. The van der Waals surface area contributed by atoms with Gasteiger partial charge in [0.1, 0.15) is 12.3 Å². The quantitative estimate of drug-likeness (QED) is 0.230. The molecule has 3 rings (SSSR count). The molecule has 1 aliphatic heterocycles. The summed E-state index contributed by atoms with van der Waals surface area (Å²) in [6.45, 7) is -0.734. The van der Waals surface area contributed by atoms with Crippen LogP contribution in [-0.2, 0) is 14.4 Å². The molecule has 1 unspecified atom stereocenters. The van der Waals surface area contributed by atoms with Crippen molar-refractivity contribution < 1.29 is 29.5 Å². The molecule has 1 fully saturated rings. The average molecular weight is 461 g/mol. The molecule has 1 atom stereocenters. The number of Topliss-reactive ketones (excluding diaryl/α,β-unsaturated/α-hetero) is 1. The monoisotopic (exact) mass is 460 g/mol. The van der Waals surface area contributed by atoms with Crippen molar-refractivity contribution in [2.24, 2.45) is 0 Å². The largest absolute Gasteiger partial charge is 0.507 e. The molecular formula is C19H13BrN2O7. The summed E-state index contributed by atoms with van der Waals surface area (Å²) in [5.74, 6) is -3.94. The van der Waals surface area contributed by atoms with Crippen LogP contribution in [0.2, 0.25) is 0 Å². The molecule has 29 heavy (non-hydrogen) atoms. The highest BCUT2D eigenvalue weighted by molar-refractivity contribution is 9.10. The Balaban J connectivity index is 2.16. The van der Waals surface area contributed by atoms with E-state index in [0.717, 1.165) is 21.5 Å². The van der Waals surface area contributed by atoms with E-state index in [1.165, 1.54) is 12.1 Å².